The van der Waals surface area contributed by atoms with Crippen molar-refractivity contribution >= 4 is 17.8 Å². The Labute approximate surface area is 153 Å². The Morgan fingerprint density at radius 2 is 1.96 bits per heavy atom. The molecule has 148 valence electrons. The van der Waals surface area contributed by atoms with Crippen LogP contribution in [0.2, 0.25) is 0 Å². The zero-order valence-electron chi connectivity index (χ0n) is 14.5. The quantitative estimate of drug-likeness (QED) is 0.739. The van der Waals surface area contributed by atoms with Crippen LogP contribution >= 0.6 is 0 Å². The number of ether oxygens (including phenoxy) is 1. The predicted molar refractivity (Wildman–Crippen MR) is 86.8 cm³/mol. The number of alkyl halides is 3. The molecular weight excluding hydrogens is 369 g/mol. The number of hydrogen-bond donors (Lipinski definition) is 2. The molecule has 1 aliphatic heterocycles. The maximum atomic E-state index is 12.4. The average Bonchev–Trinajstić information content (AvgIpc) is 2.94. The molecule has 2 unspecified atom stereocenters. The maximum Gasteiger partial charge on any atom is 0.391 e. The summed E-state index contributed by atoms with van der Waals surface area (Å²) in [6.07, 6.45) is -6.59. The van der Waals surface area contributed by atoms with Crippen LogP contribution in [0.15, 0.2) is 24.3 Å². The number of carbonyl (C=O) groups is 3. The molecule has 0 aliphatic carbocycles. The summed E-state index contributed by atoms with van der Waals surface area (Å²) in [5.74, 6) is -3.23. The van der Waals surface area contributed by atoms with Gasteiger partial charge in [0.25, 0.3) is 0 Å². The number of benzene rings is 1. The second-order valence-corrected chi connectivity index (χ2v) is 6.24. The number of methoxy groups -OCH3 is 1. The molecule has 1 saturated heterocycles. The number of rotatable bonds is 7. The van der Waals surface area contributed by atoms with Gasteiger partial charge in [-0.25, -0.2) is 4.79 Å². The lowest BCUT2D eigenvalue weighted by molar-refractivity contribution is -0.160. The molecule has 2 rings (SSSR count). The first-order valence-electron chi connectivity index (χ1n) is 8.09. The minimum Gasteiger partial charge on any atom is -0.497 e. The molecule has 2 N–H and O–H groups in total. The molecule has 0 spiro atoms. The van der Waals surface area contributed by atoms with Crippen LogP contribution in [0.1, 0.15) is 18.4 Å². The number of nitrogens with one attached hydrogen (secondary N) is 1. The van der Waals surface area contributed by atoms with Gasteiger partial charge < -0.3 is 20.1 Å². The van der Waals surface area contributed by atoms with Gasteiger partial charge in [-0.2, -0.15) is 13.2 Å². The molecule has 7 nitrogen and oxygen atoms in total. The van der Waals surface area contributed by atoms with Crippen molar-refractivity contribution < 1.29 is 37.4 Å². The second-order valence-electron chi connectivity index (χ2n) is 6.24. The van der Waals surface area contributed by atoms with Crippen molar-refractivity contribution in [1.29, 1.82) is 0 Å². The Bertz CT molecular complexity index is 706. The molecule has 1 aromatic carbocycles. The zero-order chi connectivity index (χ0) is 20.2. The van der Waals surface area contributed by atoms with E-state index in [0.29, 0.717) is 5.75 Å². The number of likely N-dealkylation sites (tertiary alicyclic amines) is 1. The third-order valence-electron chi connectivity index (χ3n) is 4.17. The van der Waals surface area contributed by atoms with Gasteiger partial charge in [0.1, 0.15) is 11.8 Å². The fraction of sp³-hybridized carbons (Fsp3) is 0.471. The summed E-state index contributed by atoms with van der Waals surface area (Å²) in [7, 11) is 1.52. The molecule has 1 aromatic rings. The molecule has 1 aliphatic rings. The summed E-state index contributed by atoms with van der Waals surface area (Å²) in [5, 5.41) is 10.7. The van der Waals surface area contributed by atoms with E-state index in [-0.39, 0.29) is 25.4 Å². The first kappa shape index (κ1) is 20.5. The molecule has 2 amide bonds. The summed E-state index contributed by atoms with van der Waals surface area (Å²) in [5.41, 5.74) is 0.797. The van der Waals surface area contributed by atoms with Crippen LogP contribution in [0, 0.1) is 5.92 Å². The lowest BCUT2D eigenvalue weighted by Gasteiger charge is -2.19. The number of hydrogen-bond acceptors (Lipinski definition) is 4. The molecule has 0 aromatic heterocycles. The van der Waals surface area contributed by atoms with Crippen LogP contribution in [0.3, 0.4) is 0 Å². The van der Waals surface area contributed by atoms with E-state index < -0.39 is 36.4 Å². The predicted octanol–water partition coefficient (Wildman–Crippen LogP) is 1.57. The van der Waals surface area contributed by atoms with Gasteiger partial charge in [0, 0.05) is 19.5 Å². The average molecular weight is 388 g/mol. The number of carboxylic acid groups (broad SMARTS) is 1. The largest absolute Gasteiger partial charge is 0.497 e. The van der Waals surface area contributed by atoms with Gasteiger partial charge in [0.05, 0.1) is 19.4 Å². The van der Waals surface area contributed by atoms with Crippen molar-refractivity contribution in [2.75, 3.05) is 13.7 Å². The number of aliphatic carboxylic acids is 1. The maximum absolute atomic E-state index is 12.4. The van der Waals surface area contributed by atoms with Crippen molar-refractivity contribution in [1.82, 2.24) is 10.2 Å². The highest BCUT2D eigenvalue weighted by molar-refractivity contribution is 5.91. The van der Waals surface area contributed by atoms with E-state index in [2.05, 4.69) is 0 Å². The Hall–Kier alpha value is -2.78. The smallest absolute Gasteiger partial charge is 0.391 e. The molecule has 0 radical (unpaired) electrons. The molecule has 1 fully saturated rings. The van der Waals surface area contributed by atoms with Crippen molar-refractivity contribution in [3.8, 4) is 5.75 Å². The van der Waals surface area contributed by atoms with Crippen LogP contribution in [0.25, 0.3) is 0 Å². The molecular formula is C17H19F3N2O5. The van der Waals surface area contributed by atoms with E-state index in [9.17, 15) is 27.6 Å². The number of amides is 2. The van der Waals surface area contributed by atoms with E-state index in [4.69, 9.17) is 9.84 Å². The molecule has 0 bridgehead atoms. The van der Waals surface area contributed by atoms with Gasteiger partial charge in [-0.3, -0.25) is 9.59 Å². The number of nitrogens with zero attached hydrogens (tertiary/aromatic N) is 1. The lowest BCUT2D eigenvalue weighted by atomic mass is 10.1. The first-order chi connectivity index (χ1) is 12.6. The Balaban J connectivity index is 1.96. The van der Waals surface area contributed by atoms with Gasteiger partial charge >= 0.3 is 12.1 Å². The van der Waals surface area contributed by atoms with Gasteiger partial charge in [-0.15, -0.1) is 0 Å². The van der Waals surface area contributed by atoms with Gasteiger partial charge in [-0.1, -0.05) is 12.1 Å². The molecule has 10 heteroatoms. The summed E-state index contributed by atoms with van der Waals surface area (Å²) in [4.78, 5) is 36.6. The topological polar surface area (TPSA) is 95.9 Å². The zero-order valence-corrected chi connectivity index (χ0v) is 14.5. The summed E-state index contributed by atoms with van der Waals surface area (Å²) >= 11 is 0. The standard InChI is InChI=1S/C17H19F3N2O5/c1-27-12-4-2-10(3-5-12)8-22-9-11(6-14(22)23)15(24)21-13(16(25)26)7-17(18,19)20/h2-5,11,13H,6-9H2,1H3,(H,21,24)(H,25,26). The summed E-state index contributed by atoms with van der Waals surface area (Å²) < 4.78 is 42.3. The highest BCUT2D eigenvalue weighted by Gasteiger charge is 2.39. The summed E-state index contributed by atoms with van der Waals surface area (Å²) in [6.45, 7) is 0.243. The number of carbonyl (C=O) groups excluding carboxylic acids is 2. The van der Waals surface area contributed by atoms with Crippen molar-refractivity contribution in [2.24, 2.45) is 5.92 Å². The highest BCUT2D eigenvalue weighted by atomic mass is 19.4. The highest BCUT2D eigenvalue weighted by Crippen LogP contribution is 2.24. The fourth-order valence-electron chi connectivity index (χ4n) is 2.77. The first-order valence-corrected chi connectivity index (χ1v) is 8.09. The minimum absolute atomic E-state index is 0.00898. The van der Waals surface area contributed by atoms with E-state index >= 15 is 0 Å². The van der Waals surface area contributed by atoms with Crippen LogP contribution < -0.4 is 10.1 Å². The monoisotopic (exact) mass is 388 g/mol. The normalized spacial score (nSPS) is 18.3. The van der Waals surface area contributed by atoms with Crippen LogP contribution in [-0.4, -0.2) is 53.7 Å². The Morgan fingerprint density at radius 3 is 2.48 bits per heavy atom. The van der Waals surface area contributed by atoms with Gasteiger partial charge in [0.2, 0.25) is 11.8 Å². The van der Waals surface area contributed by atoms with E-state index in [1.54, 1.807) is 24.3 Å². The van der Waals surface area contributed by atoms with E-state index in [0.717, 1.165) is 5.56 Å². The van der Waals surface area contributed by atoms with Crippen LogP contribution in [0.4, 0.5) is 13.2 Å². The van der Waals surface area contributed by atoms with Gasteiger partial charge in [-0.05, 0) is 17.7 Å². The molecule has 2 atom stereocenters. The third-order valence-corrected chi connectivity index (χ3v) is 4.17. The molecule has 0 saturated carbocycles. The van der Waals surface area contributed by atoms with E-state index in [1.807, 2.05) is 5.32 Å². The number of halogens is 3. The van der Waals surface area contributed by atoms with Crippen molar-refractivity contribution in [3.05, 3.63) is 29.8 Å². The Morgan fingerprint density at radius 1 is 1.33 bits per heavy atom. The van der Waals surface area contributed by atoms with Crippen LogP contribution in [0.5, 0.6) is 5.75 Å². The van der Waals surface area contributed by atoms with Crippen molar-refractivity contribution in [2.45, 2.75) is 31.6 Å². The fourth-order valence-corrected chi connectivity index (χ4v) is 2.77. The lowest BCUT2D eigenvalue weighted by Crippen LogP contribution is -2.46. The SMILES string of the molecule is COc1ccc(CN2CC(C(=O)NC(CC(F)(F)F)C(=O)O)CC2=O)cc1. The summed E-state index contributed by atoms with van der Waals surface area (Å²) in [6, 6.07) is 4.86. The Kier molecular flexibility index (Phi) is 6.29. The number of carboxylic acids is 1. The van der Waals surface area contributed by atoms with Crippen molar-refractivity contribution in [3.63, 3.8) is 0 Å². The van der Waals surface area contributed by atoms with Crippen LogP contribution in [-0.2, 0) is 20.9 Å². The molecule has 1 heterocycles. The minimum atomic E-state index is -4.73. The third kappa shape index (κ3) is 5.87. The molecule has 27 heavy (non-hydrogen) atoms. The van der Waals surface area contributed by atoms with E-state index in [1.165, 1.54) is 12.0 Å². The van der Waals surface area contributed by atoms with Gasteiger partial charge in [0.15, 0.2) is 0 Å². The second kappa shape index (κ2) is 8.28.